The van der Waals surface area contributed by atoms with E-state index in [1.807, 2.05) is 38.1 Å². The number of hydrogen-bond donors (Lipinski definition) is 2. The number of halogens is 1. The summed E-state index contributed by atoms with van der Waals surface area (Å²) < 4.78 is 19.9. The molecule has 2 aromatic carbocycles. The Labute approximate surface area is 166 Å². The molecule has 0 radical (unpaired) electrons. The Morgan fingerprint density at radius 3 is 2.71 bits per heavy atom. The van der Waals surface area contributed by atoms with E-state index in [1.54, 1.807) is 0 Å². The summed E-state index contributed by atoms with van der Waals surface area (Å²) in [5.74, 6) is 6.75. The Hall–Kier alpha value is -3.07. The van der Waals surface area contributed by atoms with E-state index in [4.69, 9.17) is 10.6 Å². The number of carbonyl (C=O) groups is 1. The highest BCUT2D eigenvalue weighted by molar-refractivity contribution is 7.99. The number of nitrogens with one attached hydrogen (secondary N) is 1. The van der Waals surface area contributed by atoms with Crippen LogP contribution in [0.5, 0.6) is 5.75 Å². The third kappa shape index (κ3) is 5.01. The molecule has 9 heteroatoms. The molecule has 0 aliphatic carbocycles. The molecule has 3 aromatic rings. The molecule has 146 valence electrons. The summed E-state index contributed by atoms with van der Waals surface area (Å²) in [7, 11) is 0. The van der Waals surface area contributed by atoms with Crippen LogP contribution in [0.25, 0.3) is 11.4 Å². The minimum absolute atomic E-state index is 0.0525. The Kier molecular flexibility index (Phi) is 6.15. The average Bonchev–Trinajstić information content (AvgIpc) is 3.02. The number of anilines is 1. The Bertz CT molecular complexity index is 959. The summed E-state index contributed by atoms with van der Waals surface area (Å²) in [6.45, 7) is 3.90. The van der Waals surface area contributed by atoms with Gasteiger partial charge in [-0.1, -0.05) is 23.9 Å². The maximum absolute atomic E-state index is 12.9. The molecule has 1 aromatic heterocycles. The predicted octanol–water partition coefficient (Wildman–Crippen LogP) is 3.32. The lowest BCUT2D eigenvalue weighted by Gasteiger charge is -2.10. The third-order valence-corrected chi connectivity index (χ3v) is 4.53. The first-order valence-electron chi connectivity index (χ1n) is 8.58. The van der Waals surface area contributed by atoms with E-state index in [1.165, 1.54) is 28.9 Å². The van der Waals surface area contributed by atoms with Crippen LogP contribution in [0.15, 0.2) is 53.7 Å². The van der Waals surface area contributed by atoms with Crippen molar-refractivity contribution in [2.24, 2.45) is 0 Å². The summed E-state index contributed by atoms with van der Waals surface area (Å²) in [5.41, 5.74) is 1.28. The van der Waals surface area contributed by atoms with Crippen LogP contribution in [-0.4, -0.2) is 32.6 Å². The van der Waals surface area contributed by atoms with Crippen molar-refractivity contribution in [2.75, 3.05) is 16.9 Å². The number of rotatable bonds is 7. The Morgan fingerprint density at radius 1 is 1.25 bits per heavy atom. The van der Waals surface area contributed by atoms with E-state index >= 15 is 0 Å². The molecule has 0 saturated heterocycles. The number of thioether (sulfide) groups is 1. The number of ether oxygens (including phenoxy) is 1. The van der Waals surface area contributed by atoms with Crippen molar-refractivity contribution in [3.05, 3.63) is 54.3 Å². The zero-order valence-electron chi connectivity index (χ0n) is 15.4. The zero-order chi connectivity index (χ0) is 20.1. The van der Waals surface area contributed by atoms with Gasteiger partial charge in [0, 0.05) is 11.3 Å². The van der Waals surface area contributed by atoms with Gasteiger partial charge in [0.15, 0.2) is 5.82 Å². The van der Waals surface area contributed by atoms with Gasteiger partial charge in [-0.15, -0.1) is 10.2 Å². The lowest BCUT2D eigenvalue weighted by molar-refractivity contribution is -0.113. The molecule has 1 heterocycles. The van der Waals surface area contributed by atoms with Gasteiger partial charge < -0.3 is 15.9 Å². The molecule has 3 N–H and O–H groups in total. The maximum atomic E-state index is 12.9. The van der Waals surface area contributed by atoms with Gasteiger partial charge in [0.2, 0.25) is 11.1 Å². The van der Waals surface area contributed by atoms with E-state index < -0.39 is 0 Å². The predicted molar refractivity (Wildman–Crippen MR) is 107 cm³/mol. The fourth-order valence-corrected chi connectivity index (χ4v) is 3.07. The number of hydrogen-bond acceptors (Lipinski definition) is 6. The van der Waals surface area contributed by atoms with Gasteiger partial charge in [0.25, 0.3) is 0 Å². The lowest BCUT2D eigenvalue weighted by Crippen LogP contribution is -2.16. The third-order valence-electron chi connectivity index (χ3n) is 3.59. The zero-order valence-corrected chi connectivity index (χ0v) is 16.2. The van der Waals surface area contributed by atoms with Gasteiger partial charge >= 0.3 is 0 Å². The maximum Gasteiger partial charge on any atom is 0.234 e. The minimum atomic E-state index is -0.362. The van der Waals surface area contributed by atoms with Gasteiger partial charge in [0.05, 0.1) is 11.9 Å². The van der Waals surface area contributed by atoms with Crippen LogP contribution in [-0.2, 0) is 4.79 Å². The average molecular weight is 401 g/mol. The van der Waals surface area contributed by atoms with Crippen LogP contribution < -0.4 is 15.9 Å². The Morgan fingerprint density at radius 2 is 2.00 bits per heavy atom. The van der Waals surface area contributed by atoms with Crippen LogP contribution in [0, 0.1) is 5.82 Å². The van der Waals surface area contributed by atoms with Crippen molar-refractivity contribution in [1.82, 2.24) is 14.9 Å². The van der Waals surface area contributed by atoms with Crippen LogP contribution in [0.4, 0.5) is 10.1 Å². The largest absolute Gasteiger partial charge is 0.491 e. The molecule has 28 heavy (non-hydrogen) atoms. The normalized spacial score (nSPS) is 10.9. The van der Waals surface area contributed by atoms with Crippen molar-refractivity contribution in [3.8, 4) is 17.1 Å². The van der Waals surface area contributed by atoms with E-state index in [-0.39, 0.29) is 23.6 Å². The standard InChI is InChI=1S/C19H20FN5O2S/c1-12(2)27-16-5-3-4-13(10-16)18-23-24-19(25(18)21)28-11-17(26)22-15-8-6-14(20)7-9-15/h3-10,12H,11,21H2,1-2H3,(H,22,26). The fourth-order valence-electron chi connectivity index (χ4n) is 2.41. The number of aromatic nitrogens is 3. The van der Waals surface area contributed by atoms with Gasteiger partial charge in [-0.2, -0.15) is 0 Å². The molecule has 0 bridgehead atoms. The molecular formula is C19H20FN5O2S. The van der Waals surface area contributed by atoms with Gasteiger partial charge in [0.1, 0.15) is 11.6 Å². The first-order valence-corrected chi connectivity index (χ1v) is 9.56. The van der Waals surface area contributed by atoms with Crippen molar-refractivity contribution in [3.63, 3.8) is 0 Å². The second kappa shape index (κ2) is 8.75. The van der Waals surface area contributed by atoms with Gasteiger partial charge in [-0.25, -0.2) is 9.07 Å². The van der Waals surface area contributed by atoms with Crippen molar-refractivity contribution >= 4 is 23.4 Å². The minimum Gasteiger partial charge on any atom is -0.491 e. The topological polar surface area (TPSA) is 95.1 Å². The van der Waals surface area contributed by atoms with E-state index in [9.17, 15) is 9.18 Å². The fraction of sp³-hybridized carbons (Fsp3) is 0.211. The number of carbonyl (C=O) groups excluding carboxylic acids is 1. The first kappa shape index (κ1) is 19.7. The quantitative estimate of drug-likeness (QED) is 0.466. The lowest BCUT2D eigenvalue weighted by atomic mass is 10.2. The van der Waals surface area contributed by atoms with Crippen LogP contribution >= 0.6 is 11.8 Å². The summed E-state index contributed by atoms with van der Waals surface area (Å²) >= 11 is 1.15. The van der Waals surface area contributed by atoms with Gasteiger partial charge in [-0.05, 0) is 50.2 Å². The highest BCUT2D eigenvalue weighted by atomic mass is 32.2. The number of nitrogen functional groups attached to an aromatic ring is 1. The summed E-state index contributed by atoms with van der Waals surface area (Å²) in [4.78, 5) is 12.1. The van der Waals surface area contributed by atoms with Gasteiger partial charge in [-0.3, -0.25) is 4.79 Å². The summed E-state index contributed by atoms with van der Waals surface area (Å²) in [6, 6.07) is 13.0. The molecule has 1 amide bonds. The molecule has 0 atom stereocenters. The van der Waals surface area contributed by atoms with Crippen LogP contribution in [0.3, 0.4) is 0 Å². The monoisotopic (exact) mass is 401 g/mol. The Balaban J connectivity index is 1.64. The van der Waals surface area contributed by atoms with Crippen LogP contribution in [0.2, 0.25) is 0 Å². The molecule has 0 spiro atoms. The van der Waals surface area contributed by atoms with E-state index in [2.05, 4.69) is 15.5 Å². The SMILES string of the molecule is CC(C)Oc1cccc(-c2nnc(SCC(=O)Nc3ccc(F)cc3)n2N)c1. The molecule has 7 nitrogen and oxygen atoms in total. The molecule has 0 saturated carbocycles. The van der Waals surface area contributed by atoms with Crippen molar-refractivity contribution < 1.29 is 13.9 Å². The second-order valence-corrected chi connectivity index (χ2v) is 7.16. The number of nitrogens with two attached hydrogens (primary N) is 1. The summed E-state index contributed by atoms with van der Waals surface area (Å²) in [5, 5.41) is 11.3. The molecule has 0 fully saturated rings. The molecule has 0 unspecified atom stereocenters. The molecular weight excluding hydrogens is 381 g/mol. The number of amides is 1. The van der Waals surface area contributed by atoms with Crippen molar-refractivity contribution in [1.29, 1.82) is 0 Å². The molecule has 0 aliphatic heterocycles. The van der Waals surface area contributed by atoms with Crippen molar-refractivity contribution in [2.45, 2.75) is 25.1 Å². The second-order valence-electron chi connectivity index (χ2n) is 6.21. The molecule has 3 rings (SSSR count). The highest BCUT2D eigenvalue weighted by Gasteiger charge is 2.14. The van der Waals surface area contributed by atoms with Crippen LogP contribution in [0.1, 0.15) is 13.8 Å². The summed E-state index contributed by atoms with van der Waals surface area (Å²) in [6.07, 6.45) is 0.0525. The molecule has 0 aliphatic rings. The number of benzene rings is 2. The van der Waals surface area contributed by atoms with E-state index in [0.29, 0.717) is 22.4 Å². The highest BCUT2D eigenvalue weighted by Crippen LogP contribution is 2.25. The van der Waals surface area contributed by atoms with E-state index in [0.717, 1.165) is 17.3 Å². The first-order chi connectivity index (χ1) is 13.4. The smallest absolute Gasteiger partial charge is 0.234 e. The number of nitrogens with zero attached hydrogens (tertiary/aromatic N) is 3.